The first-order valence-electron chi connectivity index (χ1n) is 9.95. The van der Waals surface area contributed by atoms with Crippen LogP contribution in [0.15, 0.2) is 48.5 Å². The summed E-state index contributed by atoms with van der Waals surface area (Å²) in [6.07, 6.45) is 0. The number of carbonyl (C=O) groups is 1. The van der Waals surface area contributed by atoms with E-state index >= 15 is 0 Å². The highest BCUT2D eigenvalue weighted by Gasteiger charge is 2.41. The molecule has 0 radical (unpaired) electrons. The summed E-state index contributed by atoms with van der Waals surface area (Å²) in [7, 11) is 0. The number of fused-ring (bicyclic) bond motifs is 1. The minimum Gasteiger partial charge on any atom is -0.486 e. The molecule has 5 nitrogen and oxygen atoms in total. The summed E-state index contributed by atoms with van der Waals surface area (Å²) in [6, 6.07) is 16.2. The van der Waals surface area contributed by atoms with Gasteiger partial charge in [-0.2, -0.15) is 0 Å². The fourth-order valence-electron chi connectivity index (χ4n) is 4.30. The Labute approximate surface area is 178 Å². The summed E-state index contributed by atoms with van der Waals surface area (Å²) in [5.41, 5.74) is 7.59. The molecule has 2 aliphatic rings. The normalized spacial score (nSPS) is 20.9. The fourth-order valence-corrected chi connectivity index (χ4v) is 4.30. The van der Waals surface area contributed by atoms with E-state index in [-0.39, 0.29) is 30.2 Å². The molecule has 1 fully saturated rings. The predicted molar refractivity (Wildman–Crippen MR) is 116 cm³/mol. The maximum atomic E-state index is 13.5. The Morgan fingerprint density at radius 1 is 1.07 bits per heavy atom. The molecule has 2 atom stereocenters. The summed E-state index contributed by atoms with van der Waals surface area (Å²) in [5, 5.41) is 0. The number of ether oxygens (including phenoxy) is 2. The van der Waals surface area contributed by atoms with Crippen LogP contribution in [-0.2, 0) is 10.2 Å². The average molecular weight is 417 g/mol. The van der Waals surface area contributed by atoms with Crippen molar-refractivity contribution < 1.29 is 14.3 Å². The molecule has 0 bridgehead atoms. The van der Waals surface area contributed by atoms with Crippen LogP contribution in [0.5, 0.6) is 11.5 Å². The van der Waals surface area contributed by atoms with Crippen LogP contribution >= 0.6 is 12.4 Å². The minimum absolute atomic E-state index is 0. The van der Waals surface area contributed by atoms with Gasteiger partial charge in [0.1, 0.15) is 13.2 Å². The third kappa shape index (κ3) is 4.07. The number of rotatable bonds is 4. The van der Waals surface area contributed by atoms with Gasteiger partial charge >= 0.3 is 0 Å². The molecule has 0 saturated carbocycles. The lowest BCUT2D eigenvalue weighted by Gasteiger charge is -2.31. The second kappa shape index (κ2) is 8.64. The van der Waals surface area contributed by atoms with Crippen LogP contribution in [0.1, 0.15) is 30.9 Å². The first-order valence-corrected chi connectivity index (χ1v) is 9.95. The van der Waals surface area contributed by atoms with Crippen LogP contribution in [0.4, 0.5) is 0 Å². The number of carbonyl (C=O) groups excluding carboxylic acids is 1. The van der Waals surface area contributed by atoms with E-state index in [0.29, 0.717) is 38.6 Å². The van der Waals surface area contributed by atoms with Crippen molar-refractivity contribution in [1.82, 2.24) is 4.90 Å². The molecule has 1 amide bonds. The molecule has 2 aromatic rings. The Hall–Kier alpha value is -2.24. The Bertz CT molecular complexity index is 856. The largest absolute Gasteiger partial charge is 0.486 e. The van der Waals surface area contributed by atoms with E-state index in [4.69, 9.17) is 15.2 Å². The van der Waals surface area contributed by atoms with Gasteiger partial charge in [0.05, 0.1) is 5.41 Å². The number of hydrogen-bond acceptors (Lipinski definition) is 4. The fraction of sp³-hybridized carbons (Fsp3) is 0.435. The molecule has 2 aliphatic heterocycles. The molecule has 156 valence electrons. The summed E-state index contributed by atoms with van der Waals surface area (Å²) in [5.74, 6) is 2.15. The van der Waals surface area contributed by atoms with Gasteiger partial charge in [-0.15, -0.1) is 12.4 Å². The number of nitrogens with zero attached hydrogens (tertiary/aromatic N) is 1. The predicted octanol–water partition coefficient (Wildman–Crippen LogP) is 3.36. The lowest BCUT2D eigenvalue weighted by atomic mass is 9.83. The molecule has 29 heavy (non-hydrogen) atoms. The van der Waals surface area contributed by atoms with Crippen molar-refractivity contribution in [3.63, 3.8) is 0 Å². The van der Waals surface area contributed by atoms with E-state index in [2.05, 4.69) is 12.1 Å². The maximum absolute atomic E-state index is 13.5. The standard InChI is InChI=1S/C23H28N2O3.ClH/c1-23(2,18-8-9-20-21(12-18)28-11-10-27-20)22(26)25-14-17(13-24)19(15-25)16-6-4-3-5-7-16;/h3-9,12,17,19H,10-11,13-15,24H2,1-2H3;1H/t17-,19+;/m1./s1. The molecule has 1 saturated heterocycles. The van der Waals surface area contributed by atoms with E-state index in [1.54, 1.807) is 0 Å². The minimum atomic E-state index is -0.652. The molecule has 6 heteroatoms. The van der Waals surface area contributed by atoms with Crippen LogP contribution < -0.4 is 15.2 Å². The first-order chi connectivity index (χ1) is 13.5. The molecule has 0 aromatic heterocycles. The first kappa shape index (κ1) is 21.5. The smallest absolute Gasteiger partial charge is 0.232 e. The van der Waals surface area contributed by atoms with Crippen molar-refractivity contribution in [2.24, 2.45) is 11.7 Å². The summed E-state index contributed by atoms with van der Waals surface area (Å²) in [4.78, 5) is 15.5. The molecule has 4 rings (SSSR count). The molecule has 2 N–H and O–H groups in total. The summed E-state index contributed by atoms with van der Waals surface area (Å²) >= 11 is 0. The van der Waals surface area contributed by atoms with Gasteiger partial charge in [0.25, 0.3) is 0 Å². The van der Waals surface area contributed by atoms with Crippen molar-refractivity contribution in [2.45, 2.75) is 25.2 Å². The van der Waals surface area contributed by atoms with Gasteiger partial charge in [-0.25, -0.2) is 0 Å². The Morgan fingerprint density at radius 3 is 2.45 bits per heavy atom. The highest BCUT2D eigenvalue weighted by Crippen LogP contribution is 2.38. The number of benzene rings is 2. The Kier molecular flexibility index (Phi) is 6.39. The van der Waals surface area contributed by atoms with E-state index in [1.165, 1.54) is 5.56 Å². The van der Waals surface area contributed by atoms with Crippen molar-refractivity contribution >= 4 is 18.3 Å². The summed E-state index contributed by atoms with van der Waals surface area (Å²) in [6.45, 7) is 7.04. The number of nitrogens with two attached hydrogens (primary N) is 1. The van der Waals surface area contributed by atoms with E-state index in [9.17, 15) is 4.79 Å². The number of hydrogen-bond donors (Lipinski definition) is 1. The monoisotopic (exact) mass is 416 g/mol. The maximum Gasteiger partial charge on any atom is 0.232 e. The second-order valence-corrected chi connectivity index (χ2v) is 8.21. The van der Waals surface area contributed by atoms with Crippen LogP contribution in [0.25, 0.3) is 0 Å². The lowest BCUT2D eigenvalue weighted by Crippen LogP contribution is -2.42. The van der Waals surface area contributed by atoms with E-state index < -0.39 is 5.41 Å². The Balaban J connectivity index is 0.00000240. The van der Waals surface area contributed by atoms with Gasteiger partial charge in [0, 0.05) is 19.0 Å². The topological polar surface area (TPSA) is 64.8 Å². The van der Waals surface area contributed by atoms with Crippen molar-refractivity contribution in [1.29, 1.82) is 0 Å². The van der Waals surface area contributed by atoms with Gasteiger partial charge in [-0.05, 0) is 49.6 Å². The lowest BCUT2D eigenvalue weighted by molar-refractivity contribution is -0.135. The van der Waals surface area contributed by atoms with Gasteiger partial charge < -0.3 is 20.1 Å². The number of halogens is 1. The zero-order valence-electron chi connectivity index (χ0n) is 17.0. The number of amides is 1. The second-order valence-electron chi connectivity index (χ2n) is 8.21. The molecule has 0 spiro atoms. The van der Waals surface area contributed by atoms with Crippen molar-refractivity contribution in [2.75, 3.05) is 32.8 Å². The number of likely N-dealkylation sites (tertiary alicyclic amines) is 1. The summed E-state index contributed by atoms with van der Waals surface area (Å²) < 4.78 is 11.3. The van der Waals surface area contributed by atoms with Gasteiger partial charge in [-0.1, -0.05) is 36.4 Å². The highest BCUT2D eigenvalue weighted by atomic mass is 35.5. The quantitative estimate of drug-likeness (QED) is 0.830. The van der Waals surface area contributed by atoms with Crippen molar-refractivity contribution in [3.05, 3.63) is 59.7 Å². The molecule has 2 heterocycles. The zero-order chi connectivity index (χ0) is 19.7. The van der Waals surface area contributed by atoms with Crippen LogP contribution in [-0.4, -0.2) is 43.7 Å². The van der Waals surface area contributed by atoms with E-state index in [0.717, 1.165) is 11.3 Å². The SMILES string of the molecule is CC(C)(C(=O)N1C[C@@H](CN)[C@H](c2ccccc2)C1)c1ccc2c(c1)OCCO2.Cl. The van der Waals surface area contributed by atoms with E-state index in [1.807, 2.05) is 55.1 Å². The molecule has 0 aliphatic carbocycles. The van der Waals surface area contributed by atoms with Gasteiger partial charge in [0.15, 0.2) is 11.5 Å². The zero-order valence-corrected chi connectivity index (χ0v) is 17.8. The van der Waals surface area contributed by atoms with Gasteiger partial charge in [-0.3, -0.25) is 4.79 Å². The molecule has 2 aromatic carbocycles. The third-order valence-corrected chi connectivity index (χ3v) is 6.06. The molecule has 0 unspecified atom stereocenters. The third-order valence-electron chi connectivity index (χ3n) is 6.06. The van der Waals surface area contributed by atoms with Crippen LogP contribution in [0, 0.1) is 5.92 Å². The molecular formula is C23H29ClN2O3. The Morgan fingerprint density at radius 2 is 1.76 bits per heavy atom. The van der Waals surface area contributed by atoms with Crippen LogP contribution in [0.2, 0.25) is 0 Å². The van der Waals surface area contributed by atoms with Crippen LogP contribution in [0.3, 0.4) is 0 Å². The molecular weight excluding hydrogens is 388 g/mol. The van der Waals surface area contributed by atoms with Crippen molar-refractivity contribution in [3.8, 4) is 11.5 Å². The van der Waals surface area contributed by atoms with Gasteiger partial charge in [0.2, 0.25) is 5.91 Å². The average Bonchev–Trinajstić information content (AvgIpc) is 3.17. The highest BCUT2D eigenvalue weighted by molar-refractivity contribution is 5.88.